The first-order valence-electron chi connectivity index (χ1n) is 6.77. The van der Waals surface area contributed by atoms with Gasteiger partial charge in [0, 0.05) is 18.5 Å². The molecule has 2 rings (SSSR count). The molecule has 0 fully saturated rings. The zero-order valence-electron chi connectivity index (χ0n) is 11.9. The molecule has 0 atom stereocenters. The Morgan fingerprint density at radius 2 is 1.86 bits per heavy atom. The lowest BCUT2D eigenvalue weighted by Gasteiger charge is -2.05. The smallest absolute Gasteiger partial charge is 0.196 e. The van der Waals surface area contributed by atoms with Crippen LogP contribution in [0.4, 0.5) is 13.2 Å². The SMILES string of the molecule is CC(C)CNCCc1ncc(-c2cc(F)c(F)c(F)c2)o1. The van der Waals surface area contributed by atoms with Gasteiger partial charge in [0.25, 0.3) is 0 Å². The van der Waals surface area contributed by atoms with Gasteiger partial charge in [0.2, 0.25) is 0 Å². The van der Waals surface area contributed by atoms with Crippen molar-refractivity contribution in [3.05, 3.63) is 41.7 Å². The maximum Gasteiger partial charge on any atom is 0.196 e. The highest BCUT2D eigenvalue weighted by Gasteiger charge is 2.14. The van der Waals surface area contributed by atoms with E-state index >= 15 is 0 Å². The van der Waals surface area contributed by atoms with E-state index in [1.165, 1.54) is 6.20 Å². The second-order valence-electron chi connectivity index (χ2n) is 5.22. The fourth-order valence-corrected chi connectivity index (χ4v) is 1.84. The Bertz CT molecular complexity index is 588. The van der Waals surface area contributed by atoms with E-state index in [0.29, 0.717) is 24.8 Å². The molecule has 0 aliphatic carbocycles. The fraction of sp³-hybridized carbons (Fsp3) is 0.400. The van der Waals surface area contributed by atoms with Crippen LogP contribution in [-0.2, 0) is 6.42 Å². The predicted octanol–water partition coefficient (Wildman–Crippen LogP) is 3.55. The standard InChI is InChI=1S/C15H17F3N2O/c1-9(2)7-19-4-3-14-20-8-13(21-14)10-5-11(16)15(18)12(17)6-10/h5-6,8-9,19H,3-4,7H2,1-2H3. The summed E-state index contributed by atoms with van der Waals surface area (Å²) in [5, 5.41) is 3.24. The summed E-state index contributed by atoms with van der Waals surface area (Å²) in [5.74, 6) is -2.76. The second-order valence-corrected chi connectivity index (χ2v) is 5.22. The Hall–Kier alpha value is -1.82. The molecule has 21 heavy (non-hydrogen) atoms. The zero-order valence-corrected chi connectivity index (χ0v) is 11.9. The highest BCUT2D eigenvalue weighted by molar-refractivity contribution is 5.56. The fourth-order valence-electron chi connectivity index (χ4n) is 1.84. The summed E-state index contributed by atoms with van der Waals surface area (Å²) in [6.45, 7) is 5.80. The van der Waals surface area contributed by atoms with E-state index < -0.39 is 17.5 Å². The minimum atomic E-state index is -1.49. The molecule has 1 heterocycles. The van der Waals surface area contributed by atoms with Crippen molar-refractivity contribution in [2.75, 3.05) is 13.1 Å². The molecule has 0 unspecified atom stereocenters. The highest BCUT2D eigenvalue weighted by atomic mass is 19.2. The van der Waals surface area contributed by atoms with E-state index in [0.717, 1.165) is 18.7 Å². The third-order valence-corrected chi connectivity index (χ3v) is 2.89. The molecule has 1 aromatic heterocycles. The summed E-state index contributed by atoms with van der Waals surface area (Å²) in [4.78, 5) is 4.05. The molecule has 0 spiro atoms. The van der Waals surface area contributed by atoms with Crippen LogP contribution in [0.1, 0.15) is 19.7 Å². The van der Waals surface area contributed by atoms with Crippen LogP contribution >= 0.6 is 0 Å². The van der Waals surface area contributed by atoms with Crippen molar-refractivity contribution in [3.63, 3.8) is 0 Å². The average molecular weight is 298 g/mol. The van der Waals surface area contributed by atoms with E-state index in [1.807, 2.05) is 0 Å². The van der Waals surface area contributed by atoms with Gasteiger partial charge in [0.15, 0.2) is 29.1 Å². The maximum absolute atomic E-state index is 13.2. The van der Waals surface area contributed by atoms with E-state index in [2.05, 4.69) is 24.1 Å². The molecule has 0 amide bonds. The van der Waals surface area contributed by atoms with Gasteiger partial charge in [-0.15, -0.1) is 0 Å². The first-order chi connectivity index (χ1) is 9.97. The number of aromatic nitrogens is 1. The average Bonchev–Trinajstić information content (AvgIpc) is 2.89. The molecule has 114 valence electrons. The molecule has 0 aliphatic heterocycles. The normalized spacial score (nSPS) is 11.3. The summed E-state index contributed by atoms with van der Waals surface area (Å²) in [5.41, 5.74) is 0.125. The molecular weight excluding hydrogens is 281 g/mol. The van der Waals surface area contributed by atoms with Crippen molar-refractivity contribution in [3.8, 4) is 11.3 Å². The number of nitrogens with zero attached hydrogens (tertiary/aromatic N) is 1. The minimum Gasteiger partial charge on any atom is -0.441 e. The van der Waals surface area contributed by atoms with Gasteiger partial charge in [-0.1, -0.05) is 13.8 Å². The molecule has 1 N–H and O–H groups in total. The van der Waals surface area contributed by atoms with Gasteiger partial charge in [0.05, 0.1) is 6.20 Å². The number of hydrogen-bond acceptors (Lipinski definition) is 3. The predicted molar refractivity (Wildman–Crippen MR) is 73.2 cm³/mol. The largest absolute Gasteiger partial charge is 0.441 e. The van der Waals surface area contributed by atoms with E-state index in [4.69, 9.17) is 4.42 Å². The first kappa shape index (κ1) is 15.6. The van der Waals surface area contributed by atoms with Crippen LogP contribution in [0.3, 0.4) is 0 Å². The Morgan fingerprint density at radius 1 is 1.19 bits per heavy atom. The Kier molecular flexibility index (Phi) is 5.01. The van der Waals surface area contributed by atoms with Gasteiger partial charge < -0.3 is 9.73 Å². The molecule has 1 aromatic carbocycles. The molecule has 0 aliphatic rings. The van der Waals surface area contributed by atoms with E-state index in [9.17, 15) is 13.2 Å². The number of benzene rings is 1. The lowest BCUT2D eigenvalue weighted by molar-refractivity contribution is 0.445. The van der Waals surface area contributed by atoms with E-state index in [1.54, 1.807) is 0 Å². The van der Waals surface area contributed by atoms with Crippen LogP contribution in [-0.4, -0.2) is 18.1 Å². The van der Waals surface area contributed by atoms with Crippen molar-refractivity contribution >= 4 is 0 Å². The summed E-state index contributed by atoms with van der Waals surface area (Å²) in [6.07, 6.45) is 1.95. The van der Waals surface area contributed by atoms with Gasteiger partial charge >= 0.3 is 0 Å². The molecule has 0 saturated carbocycles. The van der Waals surface area contributed by atoms with Gasteiger partial charge in [-0.3, -0.25) is 0 Å². The van der Waals surface area contributed by atoms with Gasteiger partial charge in [0.1, 0.15) is 0 Å². The Labute approximate surface area is 121 Å². The number of halogens is 3. The summed E-state index contributed by atoms with van der Waals surface area (Å²) < 4.78 is 44.7. The van der Waals surface area contributed by atoms with Crippen LogP contribution in [0.15, 0.2) is 22.7 Å². The topological polar surface area (TPSA) is 38.1 Å². The maximum atomic E-state index is 13.2. The lowest BCUT2D eigenvalue weighted by atomic mass is 10.1. The van der Waals surface area contributed by atoms with Crippen LogP contribution in [0, 0.1) is 23.4 Å². The lowest BCUT2D eigenvalue weighted by Crippen LogP contribution is -2.22. The zero-order chi connectivity index (χ0) is 15.4. The van der Waals surface area contributed by atoms with Gasteiger partial charge in [-0.2, -0.15) is 0 Å². The van der Waals surface area contributed by atoms with E-state index in [-0.39, 0.29) is 11.3 Å². The summed E-state index contributed by atoms with van der Waals surface area (Å²) in [7, 11) is 0. The van der Waals surface area contributed by atoms with Crippen LogP contribution < -0.4 is 5.32 Å². The molecule has 3 nitrogen and oxygen atoms in total. The Morgan fingerprint density at radius 3 is 2.48 bits per heavy atom. The van der Waals surface area contributed by atoms with Gasteiger partial charge in [-0.05, 0) is 24.6 Å². The van der Waals surface area contributed by atoms with Crippen molar-refractivity contribution in [1.29, 1.82) is 0 Å². The van der Waals surface area contributed by atoms with Crippen LogP contribution in [0.2, 0.25) is 0 Å². The first-order valence-corrected chi connectivity index (χ1v) is 6.77. The summed E-state index contributed by atoms with van der Waals surface area (Å²) in [6, 6.07) is 1.78. The number of oxazole rings is 1. The number of rotatable bonds is 6. The molecule has 2 aromatic rings. The minimum absolute atomic E-state index is 0.125. The van der Waals surface area contributed by atoms with Crippen molar-refractivity contribution in [2.45, 2.75) is 20.3 Å². The second kappa shape index (κ2) is 6.76. The van der Waals surface area contributed by atoms with Crippen molar-refractivity contribution in [1.82, 2.24) is 10.3 Å². The molecule has 0 saturated heterocycles. The molecular formula is C15H17F3N2O. The molecule has 0 radical (unpaired) electrons. The van der Waals surface area contributed by atoms with Crippen LogP contribution in [0.5, 0.6) is 0 Å². The molecule has 6 heteroatoms. The van der Waals surface area contributed by atoms with Gasteiger partial charge in [-0.25, -0.2) is 18.2 Å². The quantitative estimate of drug-likeness (QED) is 0.654. The Balaban J connectivity index is 2.03. The van der Waals surface area contributed by atoms with Crippen LogP contribution in [0.25, 0.3) is 11.3 Å². The van der Waals surface area contributed by atoms with Crippen molar-refractivity contribution in [2.24, 2.45) is 5.92 Å². The third kappa shape index (κ3) is 4.07. The van der Waals surface area contributed by atoms with Crippen molar-refractivity contribution < 1.29 is 17.6 Å². The number of hydrogen-bond donors (Lipinski definition) is 1. The highest BCUT2D eigenvalue weighted by Crippen LogP contribution is 2.24. The number of nitrogens with one attached hydrogen (secondary N) is 1. The summed E-state index contributed by atoms with van der Waals surface area (Å²) >= 11 is 0. The monoisotopic (exact) mass is 298 g/mol. The third-order valence-electron chi connectivity index (χ3n) is 2.89. The molecule has 0 bridgehead atoms.